The topological polar surface area (TPSA) is 109 Å². The summed E-state index contributed by atoms with van der Waals surface area (Å²) in [7, 11) is 0. The SMILES string of the molecule is Cc1nn(-c2ccccc2)nc1C(=O)Nc1n[nH]c2cc(O)ccc12. The Morgan fingerprint density at radius 1 is 1.16 bits per heavy atom. The van der Waals surface area contributed by atoms with Crippen molar-refractivity contribution in [2.45, 2.75) is 6.92 Å². The number of rotatable bonds is 3. The molecule has 4 rings (SSSR count). The van der Waals surface area contributed by atoms with Gasteiger partial charge in [0.2, 0.25) is 0 Å². The third-order valence-electron chi connectivity index (χ3n) is 3.76. The van der Waals surface area contributed by atoms with Crippen LogP contribution in [0.1, 0.15) is 16.2 Å². The van der Waals surface area contributed by atoms with Crippen LogP contribution in [-0.2, 0) is 0 Å². The van der Waals surface area contributed by atoms with E-state index in [2.05, 4.69) is 25.7 Å². The first kappa shape index (κ1) is 14.9. The van der Waals surface area contributed by atoms with Crippen molar-refractivity contribution >= 4 is 22.6 Å². The average Bonchev–Trinajstić information content (AvgIpc) is 3.19. The molecule has 0 bridgehead atoms. The van der Waals surface area contributed by atoms with Crippen LogP contribution in [-0.4, -0.2) is 36.2 Å². The number of nitrogens with zero attached hydrogens (tertiary/aromatic N) is 4. The number of hydrogen-bond donors (Lipinski definition) is 3. The summed E-state index contributed by atoms with van der Waals surface area (Å²) in [5.74, 6) is 0.0884. The van der Waals surface area contributed by atoms with Gasteiger partial charge in [0, 0.05) is 11.5 Å². The van der Waals surface area contributed by atoms with Crippen LogP contribution in [0.2, 0.25) is 0 Å². The molecule has 2 aromatic heterocycles. The number of phenolic OH excluding ortho intramolecular Hbond substituents is 1. The minimum Gasteiger partial charge on any atom is -0.508 e. The van der Waals surface area contributed by atoms with Crippen LogP contribution in [0.25, 0.3) is 16.6 Å². The van der Waals surface area contributed by atoms with Crippen LogP contribution in [0.3, 0.4) is 0 Å². The minimum atomic E-state index is -0.402. The molecule has 0 aliphatic carbocycles. The molecule has 0 fully saturated rings. The lowest BCUT2D eigenvalue weighted by atomic mass is 10.2. The van der Waals surface area contributed by atoms with E-state index in [9.17, 15) is 9.90 Å². The Balaban J connectivity index is 1.64. The second kappa shape index (κ2) is 5.75. The minimum absolute atomic E-state index is 0.121. The summed E-state index contributed by atoms with van der Waals surface area (Å²) in [5, 5.41) is 28.3. The molecule has 1 amide bonds. The maximum Gasteiger partial charge on any atom is 0.279 e. The quantitative estimate of drug-likeness (QED) is 0.533. The number of amides is 1. The molecular formula is C17H14N6O2. The van der Waals surface area contributed by atoms with Gasteiger partial charge in [-0.3, -0.25) is 9.89 Å². The number of carbonyl (C=O) groups excluding carboxylic acids is 1. The normalized spacial score (nSPS) is 10.9. The number of nitrogens with one attached hydrogen (secondary N) is 2. The monoisotopic (exact) mass is 334 g/mol. The fourth-order valence-electron chi connectivity index (χ4n) is 2.54. The van der Waals surface area contributed by atoms with Gasteiger partial charge in [0.25, 0.3) is 5.91 Å². The van der Waals surface area contributed by atoms with Crippen molar-refractivity contribution in [1.82, 2.24) is 25.2 Å². The second-order valence-corrected chi connectivity index (χ2v) is 5.52. The number of aromatic nitrogens is 5. The fourth-order valence-corrected chi connectivity index (χ4v) is 2.54. The van der Waals surface area contributed by atoms with Gasteiger partial charge < -0.3 is 10.4 Å². The first-order valence-electron chi connectivity index (χ1n) is 7.59. The smallest absolute Gasteiger partial charge is 0.279 e. The molecule has 0 radical (unpaired) electrons. The van der Waals surface area contributed by atoms with Crippen LogP contribution in [0, 0.1) is 6.92 Å². The first-order chi connectivity index (χ1) is 12.1. The Hall–Kier alpha value is -3.68. The Labute approximate surface area is 142 Å². The summed E-state index contributed by atoms with van der Waals surface area (Å²) in [6, 6.07) is 14.1. The highest BCUT2D eigenvalue weighted by atomic mass is 16.3. The molecule has 0 aliphatic heterocycles. The summed E-state index contributed by atoms with van der Waals surface area (Å²) in [6.07, 6.45) is 0. The van der Waals surface area contributed by atoms with Crippen LogP contribution in [0.4, 0.5) is 5.82 Å². The lowest BCUT2D eigenvalue weighted by Crippen LogP contribution is -2.14. The van der Waals surface area contributed by atoms with E-state index in [0.717, 1.165) is 5.69 Å². The number of para-hydroxylation sites is 1. The molecule has 124 valence electrons. The van der Waals surface area contributed by atoms with Crippen molar-refractivity contribution in [2.24, 2.45) is 0 Å². The number of hydrogen-bond acceptors (Lipinski definition) is 5. The van der Waals surface area contributed by atoms with Gasteiger partial charge in [0.15, 0.2) is 11.5 Å². The van der Waals surface area contributed by atoms with Crippen molar-refractivity contribution in [2.75, 3.05) is 5.32 Å². The van der Waals surface area contributed by atoms with Crippen molar-refractivity contribution in [3.8, 4) is 11.4 Å². The molecule has 8 heteroatoms. The van der Waals surface area contributed by atoms with Crippen molar-refractivity contribution in [3.05, 3.63) is 59.9 Å². The van der Waals surface area contributed by atoms with E-state index in [-0.39, 0.29) is 11.4 Å². The highest BCUT2D eigenvalue weighted by molar-refractivity contribution is 6.07. The summed E-state index contributed by atoms with van der Waals surface area (Å²) in [4.78, 5) is 14.0. The van der Waals surface area contributed by atoms with E-state index in [0.29, 0.717) is 22.4 Å². The number of carbonyl (C=O) groups is 1. The Morgan fingerprint density at radius 2 is 1.96 bits per heavy atom. The maximum absolute atomic E-state index is 12.6. The van der Waals surface area contributed by atoms with Crippen LogP contribution in [0.5, 0.6) is 5.75 Å². The molecule has 4 aromatic rings. The molecule has 0 spiro atoms. The Bertz CT molecular complexity index is 1070. The van der Waals surface area contributed by atoms with Gasteiger partial charge in [-0.25, -0.2) is 0 Å². The van der Waals surface area contributed by atoms with Crippen molar-refractivity contribution in [1.29, 1.82) is 0 Å². The third kappa shape index (κ3) is 2.69. The summed E-state index contributed by atoms with van der Waals surface area (Å²) >= 11 is 0. The maximum atomic E-state index is 12.6. The highest BCUT2D eigenvalue weighted by Gasteiger charge is 2.18. The molecule has 0 atom stereocenters. The van der Waals surface area contributed by atoms with E-state index in [1.807, 2.05) is 30.3 Å². The number of aromatic hydroxyl groups is 1. The largest absolute Gasteiger partial charge is 0.508 e. The predicted octanol–water partition coefficient (Wildman–Crippen LogP) is 2.41. The summed E-state index contributed by atoms with van der Waals surface area (Å²) in [6.45, 7) is 1.72. The van der Waals surface area contributed by atoms with E-state index >= 15 is 0 Å². The molecule has 3 N–H and O–H groups in total. The van der Waals surface area contributed by atoms with E-state index in [1.54, 1.807) is 13.0 Å². The number of aromatic amines is 1. The zero-order chi connectivity index (χ0) is 17.4. The number of aryl methyl sites for hydroxylation is 1. The second-order valence-electron chi connectivity index (χ2n) is 5.52. The van der Waals surface area contributed by atoms with Gasteiger partial charge in [-0.1, -0.05) is 18.2 Å². The molecule has 0 saturated heterocycles. The number of anilines is 1. The zero-order valence-corrected chi connectivity index (χ0v) is 13.3. The molecule has 25 heavy (non-hydrogen) atoms. The van der Waals surface area contributed by atoms with Crippen LogP contribution >= 0.6 is 0 Å². The number of H-pyrrole nitrogens is 1. The number of fused-ring (bicyclic) bond motifs is 1. The molecule has 0 unspecified atom stereocenters. The number of phenols is 1. The summed E-state index contributed by atoms with van der Waals surface area (Å²) in [5.41, 5.74) is 2.13. The molecule has 0 saturated carbocycles. The van der Waals surface area contributed by atoms with Crippen LogP contribution in [0.15, 0.2) is 48.5 Å². The van der Waals surface area contributed by atoms with Gasteiger partial charge >= 0.3 is 0 Å². The molecule has 2 aromatic carbocycles. The highest BCUT2D eigenvalue weighted by Crippen LogP contribution is 2.24. The van der Waals surface area contributed by atoms with Crippen molar-refractivity contribution < 1.29 is 9.90 Å². The summed E-state index contributed by atoms with van der Waals surface area (Å²) < 4.78 is 0. The molecule has 0 aliphatic rings. The zero-order valence-electron chi connectivity index (χ0n) is 13.3. The lowest BCUT2D eigenvalue weighted by Gasteiger charge is -2.00. The first-order valence-corrected chi connectivity index (χ1v) is 7.59. The Kier molecular flexibility index (Phi) is 3.42. The molecular weight excluding hydrogens is 320 g/mol. The van der Waals surface area contributed by atoms with Gasteiger partial charge in [-0.15, -0.1) is 5.10 Å². The van der Waals surface area contributed by atoms with E-state index in [1.165, 1.54) is 16.9 Å². The predicted molar refractivity (Wildman–Crippen MR) is 91.8 cm³/mol. The van der Waals surface area contributed by atoms with Gasteiger partial charge in [-0.05, 0) is 31.2 Å². The Morgan fingerprint density at radius 3 is 2.76 bits per heavy atom. The fraction of sp³-hybridized carbons (Fsp3) is 0.0588. The van der Waals surface area contributed by atoms with E-state index < -0.39 is 5.91 Å². The van der Waals surface area contributed by atoms with Gasteiger partial charge in [0.05, 0.1) is 16.9 Å². The average molecular weight is 334 g/mol. The van der Waals surface area contributed by atoms with Crippen molar-refractivity contribution in [3.63, 3.8) is 0 Å². The third-order valence-corrected chi connectivity index (χ3v) is 3.76. The molecule has 2 heterocycles. The standard InChI is InChI=1S/C17H14N6O2/c1-10-15(22-23(21-10)11-5-3-2-4-6-11)17(25)18-16-13-8-7-12(24)9-14(13)19-20-16/h2-9,24H,1H3,(H2,18,19,20,25). The van der Waals surface area contributed by atoms with Gasteiger partial charge in [0.1, 0.15) is 5.75 Å². The van der Waals surface area contributed by atoms with E-state index in [4.69, 9.17) is 0 Å². The lowest BCUT2D eigenvalue weighted by molar-refractivity contribution is 0.102. The van der Waals surface area contributed by atoms with Gasteiger partial charge in [-0.2, -0.15) is 15.0 Å². The molecule has 8 nitrogen and oxygen atoms in total. The van der Waals surface area contributed by atoms with Crippen LogP contribution < -0.4 is 5.32 Å². The number of benzene rings is 2.